The van der Waals surface area contributed by atoms with E-state index in [1.54, 1.807) is 0 Å². The van der Waals surface area contributed by atoms with Crippen LogP contribution in [0.4, 0.5) is 0 Å². The molecule has 2 atom stereocenters. The molecule has 0 aromatic rings. The van der Waals surface area contributed by atoms with Gasteiger partial charge in [0.1, 0.15) is 0 Å². The highest BCUT2D eigenvalue weighted by Crippen LogP contribution is 2.18. The molecule has 0 saturated heterocycles. The molecule has 0 radical (unpaired) electrons. The zero-order chi connectivity index (χ0) is 48.6. The van der Waals surface area contributed by atoms with Gasteiger partial charge in [0.2, 0.25) is 5.91 Å². The van der Waals surface area contributed by atoms with Crippen molar-refractivity contribution in [2.75, 3.05) is 13.2 Å². The fourth-order valence-electron chi connectivity index (χ4n) is 9.64. The highest BCUT2D eigenvalue weighted by molar-refractivity contribution is 5.76. The molecule has 6 nitrogen and oxygen atoms in total. The average Bonchev–Trinajstić information content (AvgIpc) is 3.33. The van der Waals surface area contributed by atoms with E-state index in [4.69, 9.17) is 4.74 Å². The molecule has 2 unspecified atom stereocenters. The molecular formula is C61H119NO5. The molecule has 0 aromatic heterocycles. The largest absolute Gasteiger partial charge is 0.466 e. The Labute approximate surface area is 419 Å². The zero-order valence-corrected chi connectivity index (χ0v) is 45.4. The number of aliphatic hydroxyl groups is 2. The second-order valence-electron chi connectivity index (χ2n) is 21.0. The van der Waals surface area contributed by atoms with Crippen molar-refractivity contribution in [3.63, 3.8) is 0 Å². The summed E-state index contributed by atoms with van der Waals surface area (Å²) in [6.45, 7) is 4.93. The van der Waals surface area contributed by atoms with E-state index in [0.29, 0.717) is 25.9 Å². The summed E-state index contributed by atoms with van der Waals surface area (Å²) in [4.78, 5) is 24.4. The monoisotopic (exact) mass is 946 g/mol. The summed E-state index contributed by atoms with van der Waals surface area (Å²) >= 11 is 0. The van der Waals surface area contributed by atoms with Crippen molar-refractivity contribution in [3.8, 4) is 0 Å². The second kappa shape index (κ2) is 57.2. The van der Waals surface area contributed by atoms with Crippen LogP contribution in [0.1, 0.15) is 341 Å². The Morgan fingerprint density at radius 1 is 0.403 bits per heavy atom. The first-order valence-corrected chi connectivity index (χ1v) is 30.4. The molecule has 0 aliphatic carbocycles. The summed E-state index contributed by atoms with van der Waals surface area (Å²) in [6, 6.07) is -0.536. The van der Waals surface area contributed by atoms with Gasteiger partial charge in [-0.3, -0.25) is 9.59 Å². The lowest BCUT2D eigenvalue weighted by Gasteiger charge is -2.22. The Balaban J connectivity index is 3.30. The molecule has 0 saturated carbocycles. The van der Waals surface area contributed by atoms with E-state index in [1.807, 2.05) is 0 Å². The first-order valence-electron chi connectivity index (χ1n) is 30.4. The van der Waals surface area contributed by atoms with Crippen LogP contribution in [-0.2, 0) is 14.3 Å². The first kappa shape index (κ1) is 65.6. The van der Waals surface area contributed by atoms with Gasteiger partial charge in [0.25, 0.3) is 0 Å². The van der Waals surface area contributed by atoms with Crippen molar-refractivity contribution < 1.29 is 24.5 Å². The van der Waals surface area contributed by atoms with E-state index < -0.39 is 12.1 Å². The number of unbranched alkanes of at least 4 members (excludes halogenated alkanes) is 44. The van der Waals surface area contributed by atoms with Crippen LogP contribution in [0.2, 0.25) is 0 Å². The molecule has 6 heteroatoms. The van der Waals surface area contributed by atoms with E-state index in [9.17, 15) is 19.8 Å². The zero-order valence-electron chi connectivity index (χ0n) is 45.4. The lowest BCUT2D eigenvalue weighted by atomic mass is 10.0. The molecule has 0 aromatic carbocycles. The molecule has 398 valence electrons. The van der Waals surface area contributed by atoms with Crippen LogP contribution < -0.4 is 5.32 Å². The molecule has 0 rings (SSSR count). The minimum atomic E-state index is -0.659. The Morgan fingerprint density at radius 2 is 0.701 bits per heavy atom. The molecule has 0 heterocycles. The fourth-order valence-corrected chi connectivity index (χ4v) is 9.64. The number of hydrogen-bond donors (Lipinski definition) is 3. The number of aliphatic hydroxyl groups excluding tert-OH is 2. The normalized spacial score (nSPS) is 12.6. The molecule has 0 aliphatic heterocycles. The molecular weight excluding hydrogens is 827 g/mol. The van der Waals surface area contributed by atoms with Crippen LogP contribution in [0, 0.1) is 0 Å². The Hall–Kier alpha value is -1.40. The summed E-state index contributed by atoms with van der Waals surface area (Å²) < 4.78 is 5.47. The first-order chi connectivity index (χ1) is 33.0. The standard InChI is InChI=1S/C61H119NO5/c1-3-5-7-9-11-13-14-31-35-39-43-47-51-55-61(66)67-56-52-48-44-40-36-33-30-28-26-24-22-20-18-16-15-17-19-21-23-25-27-29-32-34-38-42-46-50-54-60(65)62-58(57-63)59(64)53-49-45-41-37-12-10-8-6-4-2/h13-14,58-59,63-64H,3-12,15-57H2,1-2H3,(H,62,65)/b14-13-. The van der Waals surface area contributed by atoms with Gasteiger partial charge >= 0.3 is 5.97 Å². The highest BCUT2D eigenvalue weighted by atomic mass is 16.5. The van der Waals surface area contributed by atoms with Crippen molar-refractivity contribution in [1.29, 1.82) is 0 Å². The minimum absolute atomic E-state index is 0.00978. The number of carbonyl (C=O) groups excluding carboxylic acids is 2. The summed E-state index contributed by atoms with van der Waals surface area (Å²) in [5, 5.41) is 23.1. The summed E-state index contributed by atoms with van der Waals surface area (Å²) in [5.41, 5.74) is 0. The van der Waals surface area contributed by atoms with Gasteiger partial charge in [-0.15, -0.1) is 0 Å². The van der Waals surface area contributed by atoms with Crippen LogP contribution in [-0.4, -0.2) is 47.4 Å². The number of rotatable bonds is 57. The van der Waals surface area contributed by atoms with E-state index in [1.165, 1.54) is 263 Å². The predicted molar refractivity (Wildman–Crippen MR) is 292 cm³/mol. The maximum absolute atomic E-state index is 12.4. The van der Waals surface area contributed by atoms with Crippen molar-refractivity contribution in [3.05, 3.63) is 12.2 Å². The van der Waals surface area contributed by atoms with Crippen molar-refractivity contribution in [1.82, 2.24) is 5.32 Å². The molecule has 0 fully saturated rings. The Morgan fingerprint density at radius 3 is 1.07 bits per heavy atom. The van der Waals surface area contributed by atoms with E-state index in [0.717, 1.165) is 44.9 Å². The maximum atomic E-state index is 12.4. The molecule has 0 aliphatic rings. The van der Waals surface area contributed by atoms with Crippen molar-refractivity contribution >= 4 is 11.9 Å². The van der Waals surface area contributed by atoms with Gasteiger partial charge < -0.3 is 20.3 Å². The number of carbonyl (C=O) groups is 2. The van der Waals surface area contributed by atoms with Gasteiger partial charge in [-0.1, -0.05) is 289 Å². The quantitative estimate of drug-likeness (QED) is 0.0321. The predicted octanol–water partition coefficient (Wildman–Crippen LogP) is 18.9. The number of nitrogens with one attached hydrogen (secondary N) is 1. The molecule has 1 amide bonds. The van der Waals surface area contributed by atoms with Gasteiger partial charge in [0.15, 0.2) is 0 Å². The second-order valence-corrected chi connectivity index (χ2v) is 21.0. The van der Waals surface area contributed by atoms with Gasteiger partial charge in [-0.05, 0) is 51.4 Å². The number of esters is 1. The third-order valence-electron chi connectivity index (χ3n) is 14.3. The number of amides is 1. The fraction of sp³-hybridized carbons (Fsp3) is 0.934. The van der Waals surface area contributed by atoms with Crippen LogP contribution in [0.3, 0.4) is 0 Å². The van der Waals surface area contributed by atoms with Crippen LogP contribution in [0.15, 0.2) is 12.2 Å². The van der Waals surface area contributed by atoms with Gasteiger partial charge in [0.05, 0.1) is 25.4 Å². The molecule has 0 bridgehead atoms. The summed E-state index contributed by atoms with van der Waals surface area (Å²) in [6.07, 6.45) is 68.1. The molecule has 3 N–H and O–H groups in total. The maximum Gasteiger partial charge on any atom is 0.305 e. The third-order valence-corrected chi connectivity index (χ3v) is 14.3. The van der Waals surface area contributed by atoms with E-state index in [2.05, 4.69) is 31.3 Å². The van der Waals surface area contributed by atoms with E-state index >= 15 is 0 Å². The van der Waals surface area contributed by atoms with Gasteiger partial charge in [-0.2, -0.15) is 0 Å². The average molecular weight is 947 g/mol. The lowest BCUT2D eigenvalue weighted by molar-refractivity contribution is -0.143. The molecule has 67 heavy (non-hydrogen) atoms. The molecule has 0 spiro atoms. The third kappa shape index (κ3) is 53.8. The van der Waals surface area contributed by atoms with Crippen molar-refractivity contribution in [2.45, 2.75) is 353 Å². The van der Waals surface area contributed by atoms with E-state index in [-0.39, 0.29) is 18.5 Å². The lowest BCUT2D eigenvalue weighted by Crippen LogP contribution is -2.45. The Kier molecular flexibility index (Phi) is 56.0. The van der Waals surface area contributed by atoms with Gasteiger partial charge in [0, 0.05) is 12.8 Å². The van der Waals surface area contributed by atoms with Crippen LogP contribution in [0.5, 0.6) is 0 Å². The Bertz CT molecular complexity index is 1000. The summed E-state index contributed by atoms with van der Waals surface area (Å²) in [5.74, 6) is -0.0231. The summed E-state index contributed by atoms with van der Waals surface area (Å²) in [7, 11) is 0. The smallest absolute Gasteiger partial charge is 0.305 e. The topological polar surface area (TPSA) is 95.9 Å². The number of ether oxygens (including phenoxy) is 1. The minimum Gasteiger partial charge on any atom is -0.466 e. The van der Waals surface area contributed by atoms with Crippen LogP contribution >= 0.6 is 0 Å². The SMILES string of the molecule is CCCCCC/C=C\CCCCCCCC(=O)OCCCCCCCCCCCCCCCCCCCCCCCCCCCCCCC(=O)NC(CO)C(O)CCCCCCCCCCC. The van der Waals surface area contributed by atoms with Gasteiger partial charge in [-0.25, -0.2) is 0 Å². The van der Waals surface area contributed by atoms with Crippen LogP contribution in [0.25, 0.3) is 0 Å². The number of allylic oxidation sites excluding steroid dienone is 2. The highest BCUT2D eigenvalue weighted by Gasteiger charge is 2.20. The number of hydrogen-bond acceptors (Lipinski definition) is 5. The van der Waals surface area contributed by atoms with Crippen molar-refractivity contribution in [2.24, 2.45) is 0 Å².